The summed E-state index contributed by atoms with van der Waals surface area (Å²) < 4.78 is 0. The molecular weight excluding hydrogens is 174 g/mol. The molecule has 0 unspecified atom stereocenters. The second-order valence-electron chi connectivity index (χ2n) is 4.27. The molecule has 74 valence electrons. The Bertz CT molecular complexity index is 393. The molecule has 1 aliphatic heterocycles. The van der Waals surface area contributed by atoms with Crippen LogP contribution in [0, 0.1) is 0 Å². The van der Waals surface area contributed by atoms with E-state index in [0.29, 0.717) is 0 Å². The van der Waals surface area contributed by atoms with Crippen LogP contribution in [0.5, 0.6) is 0 Å². The molecule has 0 aromatic heterocycles. The zero-order valence-corrected chi connectivity index (χ0v) is 8.85. The Balaban J connectivity index is 2.63. The number of fused-ring (bicyclic) bond motifs is 1. The fourth-order valence-electron chi connectivity index (χ4n) is 1.96. The summed E-state index contributed by atoms with van der Waals surface area (Å²) >= 11 is 0. The molecule has 2 rings (SSSR count). The SMILES string of the molecule is CCc1cccc2c1NC(=O)C2(C)C. The molecule has 0 spiro atoms. The third-order valence-corrected chi connectivity index (χ3v) is 3.01. The molecule has 1 amide bonds. The number of para-hydroxylation sites is 1. The summed E-state index contributed by atoms with van der Waals surface area (Å²) in [5.41, 5.74) is 3.01. The van der Waals surface area contributed by atoms with Gasteiger partial charge in [0.05, 0.1) is 5.41 Å². The Labute approximate surface area is 84.3 Å². The molecule has 0 radical (unpaired) electrons. The molecule has 0 saturated heterocycles. The number of hydrogen-bond acceptors (Lipinski definition) is 1. The highest BCUT2D eigenvalue weighted by Crippen LogP contribution is 2.39. The Morgan fingerprint density at radius 2 is 2.07 bits per heavy atom. The van der Waals surface area contributed by atoms with E-state index in [4.69, 9.17) is 0 Å². The standard InChI is InChI=1S/C12H15NO/c1-4-8-6-5-7-9-10(8)13-11(14)12(9,2)3/h5-7H,4H2,1-3H3,(H,13,14). The first-order valence-corrected chi connectivity index (χ1v) is 5.01. The smallest absolute Gasteiger partial charge is 0.234 e. The summed E-state index contributed by atoms with van der Waals surface area (Å²) in [5, 5.41) is 2.97. The van der Waals surface area contributed by atoms with E-state index in [1.807, 2.05) is 26.0 Å². The number of rotatable bonds is 1. The van der Waals surface area contributed by atoms with Crippen LogP contribution in [0.4, 0.5) is 5.69 Å². The van der Waals surface area contributed by atoms with Crippen LogP contribution >= 0.6 is 0 Å². The molecule has 2 nitrogen and oxygen atoms in total. The predicted octanol–water partition coefficient (Wildman–Crippen LogP) is 2.48. The summed E-state index contributed by atoms with van der Waals surface area (Å²) in [5.74, 6) is 0.105. The van der Waals surface area contributed by atoms with Crippen LogP contribution < -0.4 is 5.32 Å². The van der Waals surface area contributed by atoms with E-state index in [0.717, 1.165) is 17.7 Å². The third-order valence-electron chi connectivity index (χ3n) is 3.01. The maximum absolute atomic E-state index is 11.7. The summed E-state index contributed by atoms with van der Waals surface area (Å²) in [4.78, 5) is 11.7. The second kappa shape index (κ2) is 2.84. The van der Waals surface area contributed by atoms with Gasteiger partial charge in [-0.2, -0.15) is 0 Å². The molecule has 0 atom stereocenters. The van der Waals surface area contributed by atoms with Gasteiger partial charge in [-0.05, 0) is 31.4 Å². The van der Waals surface area contributed by atoms with Crippen LogP contribution in [-0.2, 0) is 16.6 Å². The van der Waals surface area contributed by atoms with Crippen molar-refractivity contribution in [1.29, 1.82) is 0 Å². The van der Waals surface area contributed by atoms with Crippen LogP contribution in [0.25, 0.3) is 0 Å². The number of hydrogen-bond donors (Lipinski definition) is 1. The molecule has 0 saturated carbocycles. The molecule has 0 aliphatic carbocycles. The van der Waals surface area contributed by atoms with Gasteiger partial charge in [0.2, 0.25) is 5.91 Å². The summed E-state index contributed by atoms with van der Waals surface area (Å²) in [6.45, 7) is 6.04. The van der Waals surface area contributed by atoms with Crippen molar-refractivity contribution in [2.45, 2.75) is 32.6 Å². The molecule has 14 heavy (non-hydrogen) atoms. The van der Waals surface area contributed by atoms with Gasteiger partial charge in [-0.15, -0.1) is 0 Å². The lowest BCUT2D eigenvalue weighted by molar-refractivity contribution is -0.119. The van der Waals surface area contributed by atoms with E-state index < -0.39 is 0 Å². The first-order valence-electron chi connectivity index (χ1n) is 5.01. The molecule has 0 fully saturated rings. The Hall–Kier alpha value is -1.31. The van der Waals surface area contributed by atoms with Gasteiger partial charge < -0.3 is 5.32 Å². The quantitative estimate of drug-likeness (QED) is 0.722. The van der Waals surface area contributed by atoms with Crippen molar-refractivity contribution in [3.8, 4) is 0 Å². The van der Waals surface area contributed by atoms with Gasteiger partial charge >= 0.3 is 0 Å². The zero-order valence-electron chi connectivity index (χ0n) is 8.85. The number of anilines is 1. The molecule has 2 heteroatoms. The number of carbonyl (C=O) groups is 1. The lowest BCUT2D eigenvalue weighted by Crippen LogP contribution is -2.26. The highest BCUT2D eigenvalue weighted by molar-refractivity contribution is 6.06. The molecule has 1 aliphatic rings. The normalized spacial score (nSPS) is 17.8. The summed E-state index contributed by atoms with van der Waals surface area (Å²) in [7, 11) is 0. The van der Waals surface area contributed by atoms with Crippen LogP contribution in [0.3, 0.4) is 0 Å². The summed E-state index contributed by atoms with van der Waals surface area (Å²) in [6, 6.07) is 6.13. The average molecular weight is 189 g/mol. The van der Waals surface area contributed by atoms with Crippen LogP contribution in [0.15, 0.2) is 18.2 Å². The highest BCUT2D eigenvalue weighted by Gasteiger charge is 2.38. The van der Waals surface area contributed by atoms with Crippen LogP contribution in [0.2, 0.25) is 0 Å². The van der Waals surface area contributed by atoms with Crippen molar-refractivity contribution < 1.29 is 4.79 Å². The minimum absolute atomic E-state index is 0.105. The van der Waals surface area contributed by atoms with E-state index in [-0.39, 0.29) is 11.3 Å². The number of aryl methyl sites for hydroxylation is 1. The first-order chi connectivity index (χ1) is 6.57. The van der Waals surface area contributed by atoms with Crippen molar-refractivity contribution in [3.63, 3.8) is 0 Å². The van der Waals surface area contributed by atoms with Gasteiger partial charge in [0.25, 0.3) is 0 Å². The van der Waals surface area contributed by atoms with Gasteiger partial charge in [0.15, 0.2) is 0 Å². The molecule has 1 N–H and O–H groups in total. The highest BCUT2D eigenvalue weighted by atomic mass is 16.2. The van der Waals surface area contributed by atoms with Crippen molar-refractivity contribution in [2.75, 3.05) is 5.32 Å². The lowest BCUT2D eigenvalue weighted by Gasteiger charge is -2.14. The average Bonchev–Trinajstić information content (AvgIpc) is 2.39. The predicted molar refractivity (Wildman–Crippen MR) is 57.5 cm³/mol. The Morgan fingerprint density at radius 3 is 2.71 bits per heavy atom. The van der Waals surface area contributed by atoms with Gasteiger partial charge in [0, 0.05) is 5.69 Å². The van der Waals surface area contributed by atoms with Crippen LogP contribution in [-0.4, -0.2) is 5.91 Å². The lowest BCUT2D eigenvalue weighted by atomic mass is 9.85. The number of amides is 1. The molecule has 1 heterocycles. The Kier molecular flexibility index (Phi) is 1.88. The molecular formula is C12H15NO. The van der Waals surface area contributed by atoms with E-state index in [9.17, 15) is 4.79 Å². The first kappa shape index (κ1) is 9.25. The van der Waals surface area contributed by atoms with E-state index in [2.05, 4.69) is 18.3 Å². The molecule has 1 aromatic rings. The minimum atomic E-state index is -0.374. The topological polar surface area (TPSA) is 29.1 Å². The van der Waals surface area contributed by atoms with E-state index in [1.54, 1.807) is 0 Å². The zero-order chi connectivity index (χ0) is 10.3. The van der Waals surface area contributed by atoms with Gasteiger partial charge in [-0.25, -0.2) is 0 Å². The van der Waals surface area contributed by atoms with Crippen molar-refractivity contribution in [1.82, 2.24) is 0 Å². The van der Waals surface area contributed by atoms with Crippen molar-refractivity contribution >= 4 is 11.6 Å². The minimum Gasteiger partial charge on any atom is -0.325 e. The fraction of sp³-hybridized carbons (Fsp3) is 0.417. The van der Waals surface area contributed by atoms with E-state index in [1.165, 1.54) is 5.56 Å². The fourth-order valence-corrected chi connectivity index (χ4v) is 1.96. The number of carbonyl (C=O) groups excluding carboxylic acids is 1. The van der Waals surface area contributed by atoms with E-state index >= 15 is 0 Å². The largest absolute Gasteiger partial charge is 0.325 e. The van der Waals surface area contributed by atoms with Gasteiger partial charge in [0.1, 0.15) is 0 Å². The molecule has 1 aromatic carbocycles. The number of nitrogens with one attached hydrogen (secondary N) is 1. The Morgan fingerprint density at radius 1 is 1.36 bits per heavy atom. The third kappa shape index (κ3) is 1.07. The van der Waals surface area contributed by atoms with Crippen molar-refractivity contribution in [2.24, 2.45) is 0 Å². The maximum atomic E-state index is 11.7. The number of benzene rings is 1. The summed E-state index contributed by atoms with van der Waals surface area (Å²) in [6.07, 6.45) is 0.958. The van der Waals surface area contributed by atoms with Crippen LogP contribution in [0.1, 0.15) is 31.9 Å². The van der Waals surface area contributed by atoms with Gasteiger partial charge in [-0.3, -0.25) is 4.79 Å². The maximum Gasteiger partial charge on any atom is 0.234 e. The monoisotopic (exact) mass is 189 g/mol. The van der Waals surface area contributed by atoms with Crippen molar-refractivity contribution in [3.05, 3.63) is 29.3 Å². The second-order valence-corrected chi connectivity index (χ2v) is 4.27. The van der Waals surface area contributed by atoms with Gasteiger partial charge in [-0.1, -0.05) is 25.1 Å². The molecule has 0 bridgehead atoms.